The second-order valence-corrected chi connectivity index (χ2v) is 7.33. The zero-order valence-corrected chi connectivity index (χ0v) is 15.6. The SMILES string of the molecule is O=C(CN1CCCC1c1nc(-c2ccncc2)n[nH]1)N1CCc2ccccc21. The monoisotopic (exact) mass is 374 g/mol. The van der Waals surface area contributed by atoms with Crippen molar-refractivity contribution in [3.05, 3.63) is 60.2 Å². The van der Waals surface area contributed by atoms with Gasteiger partial charge in [-0.3, -0.25) is 19.8 Å². The number of hydrogen-bond acceptors (Lipinski definition) is 5. The Balaban J connectivity index is 1.31. The molecule has 1 N–H and O–H groups in total. The Bertz CT molecular complexity index is 985. The number of pyridine rings is 1. The summed E-state index contributed by atoms with van der Waals surface area (Å²) in [6, 6.07) is 12.1. The fourth-order valence-corrected chi connectivity index (χ4v) is 4.23. The van der Waals surface area contributed by atoms with E-state index in [0.717, 1.165) is 49.4 Å². The van der Waals surface area contributed by atoms with Crippen LogP contribution < -0.4 is 4.90 Å². The lowest BCUT2D eigenvalue weighted by atomic mass is 10.2. The maximum absolute atomic E-state index is 13.0. The number of hydrogen-bond donors (Lipinski definition) is 1. The fraction of sp³-hybridized carbons (Fsp3) is 0.333. The molecule has 5 rings (SSSR count). The molecule has 28 heavy (non-hydrogen) atoms. The zero-order valence-electron chi connectivity index (χ0n) is 15.6. The van der Waals surface area contributed by atoms with Gasteiger partial charge in [-0.1, -0.05) is 18.2 Å². The van der Waals surface area contributed by atoms with Crippen molar-refractivity contribution in [2.75, 3.05) is 24.5 Å². The van der Waals surface area contributed by atoms with E-state index in [4.69, 9.17) is 4.98 Å². The Morgan fingerprint density at radius 3 is 2.89 bits per heavy atom. The van der Waals surface area contributed by atoms with E-state index in [2.05, 4.69) is 26.1 Å². The van der Waals surface area contributed by atoms with E-state index in [9.17, 15) is 4.79 Å². The minimum atomic E-state index is 0.102. The number of H-pyrrole nitrogens is 1. The van der Waals surface area contributed by atoms with Gasteiger partial charge in [-0.2, -0.15) is 5.10 Å². The molecule has 7 heteroatoms. The number of fused-ring (bicyclic) bond motifs is 1. The minimum absolute atomic E-state index is 0.102. The second-order valence-electron chi connectivity index (χ2n) is 7.33. The lowest BCUT2D eigenvalue weighted by Crippen LogP contribution is -2.39. The van der Waals surface area contributed by atoms with E-state index in [1.165, 1.54) is 5.56 Å². The van der Waals surface area contributed by atoms with E-state index in [-0.39, 0.29) is 11.9 Å². The van der Waals surface area contributed by atoms with Crippen LogP contribution >= 0.6 is 0 Å². The van der Waals surface area contributed by atoms with Gasteiger partial charge in [0.05, 0.1) is 12.6 Å². The first-order valence-corrected chi connectivity index (χ1v) is 9.74. The van der Waals surface area contributed by atoms with Gasteiger partial charge in [-0.25, -0.2) is 4.98 Å². The third-order valence-corrected chi connectivity index (χ3v) is 5.65. The van der Waals surface area contributed by atoms with Crippen LogP contribution in [0.3, 0.4) is 0 Å². The Morgan fingerprint density at radius 1 is 1.14 bits per heavy atom. The number of nitrogens with one attached hydrogen (secondary N) is 1. The van der Waals surface area contributed by atoms with E-state index < -0.39 is 0 Å². The van der Waals surface area contributed by atoms with Crippen molar-refractivity contribution < 1.29 is 4.79 Å². The molecule has 2 aromatic heterocycles. The molecule has 3 aromatic rings. The highest BCUT2D eigenvalue weighted by atomic mass is 16.2. The number of likely N-dealkylation sites (tertiary alicyclic amines) is 1. The van der Waals surface area contributed by atoms with Crippen molar-refractivity contribution >= 4 is 11.6 Å². The molecular weight excluding hydrogens is 352 g/mol. The molecule has 1 amide bonds. The van der Waals surface area contributed by atoms with Crippen LogP contribution in [-0.2, 0) is 11.2 Å². The number of aromatic amines is 1. The highest BCUT2D eigenvalue weighted by molar-refractivity contribution is 5.96. The van der Waals surface area contributed by atoms with Crippen LogP contribution in [0.5, 0.6) is 0 Å². The number of benzene rings is 1. The van der Waals surface area contributed by atoms with Crippen LogP contribution in [0.1, 0.15) is 30.3 Å². The van der Waals surface area contributed by atoms with Crippen molar-refractivity contribution in [2.45, 2.75) is 25.3 Å². The lowest BCUT2D eigenvalue weighted by molar-refractivity contribution is -0.119. The fourth-order valence-electron chi connectivity index (χ4n) is 4.23. The van der Waals surface area contributed by atoms with Gasteiger partial charge >= 0.3 is 0 Å². The third-order valence-electron chi connectivity index (χ3n) is 5.65. The smallest absolute Gasteiger partial charge is 0.241 e. The zero-order chi connectivity index (χ0) is 18.9. The molecule has 4 heterocycles. The van der Waals surface area contributed by atoms with E-state index >= 15 is 0 Å². The predicted molar refractivity (Wildman–Crippen MR) is 106 cm³/mol. The molecule has 142 valence electrons. The van der Waals surface area contributed by atoms with Gasteiger partial charge in [0.25, 0.3) is 0 Å². The van der Waals surface area contributed by atoms with Crippen LogP contribution in [0.2, 0.25) is 0 Å². The number of carbonyl (C=O) groups excluding carboxylic acids is 1. The van der Waals surface area contributed by atoms with Crippen molar-refractivity contribution in [1.82, 2.24) is 25.1 Å². The molecule has 0 radical (unpaired) electrons. The topological polar surface area (TPSA) is 78.0 Å². The predicted octanol–water partition coefficient (Wildman–Crippen LogP) is 2.59. The molecule has 0 saturated carbocycles. The highest BCUT2D eigenvalue weighted by Crippen LogP contribution is 2.32. The number of para-hydroxylation sites is 1. The standard InChI is InChI=1S/C21H22N6O/c28-19(27-13-9-15-4-1-2-5-17(15)27)14-26-12-3-6-18(26)21-23-20(24-25-21)16-7-10-22-11-8-16/h1-2,4-5,7-8,10-11,18H,3,6,9,12-14H2,(H,23,24,25). The summed E-state index contributed by atoms with van der Waals surface area (Å²) in [4.78, 5) is 25.9. The average Bonchev–Trinajstić information content (AvgIpc) is 3.47. The molecule has 7 nitrogen and oxygen atoms in total. The number of nitrogens with zero attached hydrogens (tertiary/aromatic N) is 5. The van der Waals surface area contributed by atoms with Crippen LogP contribution in [0, 0.1) is 0 Å². The Labute approximate surface area is 163 Å². The summed E-state index contributed by atoms with van der Waals surface area (Å²) in [6.07, 6.45) is 6.44. The summed E-state index contributed by atoms with van der Waals surface area (Å²) in [5.74, 6) is 1.66. The van der Waals surface area contributed by atoms with Crippen molar-refractivity contribution in [1.29, 1.82) is 0 Å². The minimum Gasteiger partial charge on any atom is -0.311 e. The Hall–Kier alpha value is -3.06. The van der Waals surface area contributed by atoms with Gasteiger partial charge < -0.3 is 4.90 Å². The molecule has 0 spiro atoms. The molecule has 1 saturated heterocycles. The first-order valence-electron chi connectivity index (χ1n) is 9.74. The average molecular weight is 374 g/mol. The van der Waals surface area contributed by atoms with E-state index in [1.54, 1.807) is 12.4 Å². The Kier molecular flexibility index (Phi) is 4.37. The van der Waals surface area contributed by atoms with Crippen molar-refractivity contribution in [2.24, 2.45) is 0 Å². The molecule has 0 bridgehead atoms. The summed E-state index contributed by atoms with van der Waals surface area (Å²) in [6.45, 7) is 2.08. The first-order chi connectivity index (χ1) is 13.8. The molecular formula is C21H22N6O. The first kappa shape index (κ1) is 17.1. The maximum Gasteiger partial charge on any atom is 0.241 e. The normalized spacial score (nSPS) is 19.1. The summed E-state index contributed by atoms with van der Waals surface area (Å²) in [5.41, 5.74) is 3.25. The van der Waals surface area contributed by atoms with Crippen molar-refractivity contribution in [3.8, 4) is 11.4 Å². The largest absolute Gasteiger partial charge is 0.311 e. The molecule has 0 aliphatic carbocycles. The van der Waals surface area contributed by atoms with Gasteiger partial charge in [0.15, 0.2) is 5.82 Å². The highest BCUT2D eigenvalue weighted by Gasteiger charge is 2.33. The van der Waals surface area contributed by atoms with Gasteiger partial charge in [0.2, 0.25) is 5.91 Å². The van der Waals surface area contributed by atoms with Gasteiger partial charge in [-0.15, -0.1) is 0 Å². The quantitative estimate of drug-likeness (QED) is 0.759. The molecule has 1 fully saturated rings. The number of anilines is 1. The maximum atomic E-state index is 13.0. The van der Waals surface area contributed by atoms with Gasteiger partial charge in [0, 0.05) is 30.2 Å². The molecule has 2 aliphatic rings. The summed E-state index contributed by atoms with van der Waals surface area (Å²) in [5, 5.41) is 7.45. The Morgan fingerprint density at radius 2 is 2.00 bits per heavy atom. The summed E-state index contributed by atoms with van der Waals surface area (Å²) < 4.78 is 0. The molecule has 1 aromatic carbocycles. The molecule has 1 atom stereocenters. The van der Waals surface area contributed by atoms with Crippen LogP contribution in [-0.4, -0.2) is 50.6 Å². The van der Waals surface area contributed by atoms with Crippen LogP contribution in [0.15, 0.2) is 48.8 Å². The number of aromatic nitrogens is 4. The molecule has 1 unspecified atom stereocenters. The van der Waals surface area contributed by atoms with Crippen molar-refractivity contribution in [3.63, 3.8) is 0 Å². The second kappa shape index (κ2) is 7.16. The third kappa shape index (κ3) is 3.07. The van der Waals surface area contributed by atoms with Crippen LogP contribution in [0.4, 0.5) is 5.69 Å². The van der Waals surface area contributed by atoms with Gasteiger partial charge in [0.1, 0.15) is 5.82 Å². The van der Waals surface area contributed by atoms with Gasteiger partial charge in [-0.05, 0) is 49.6 Å². The molecule has 2 aliphatic heterocycles. The number of carbonyl (C=O) groups is 1. The summed E-state index contributed by atoms with van der Waals surface area (Å²) in [7, 11) is 0. The summed E-state index contributed by atoms with van der Waals surface area (Å²) >= 11 is 0. The lowest BCUT2D eigenvalue weighted by Gasteiger charge is -2.25. The number of rotatable bonds is 4. The van der Waals surface area contributed by atoms with Crippen LogP contribution in [0.25, 0.3) is 11.4 Å². The van der Waals surface area contributed by atoms with E-state index in [1.807, 2.05) is 35.2 Å². The number of amides is 1. The van der Waals surface area contributed by atoms with E-state index in [0.29, 0.717) is 12.4 Å².